The molecular weight excluding hydrogens is 312 g/mol. The van der Waals surface area contributed by atoms with Gasteiger partial charge in [0, 0.05) is 25.6 Å². The first-order valence-corrected chi connectivity index (χ1v) is 8.54. The number of nitrogens with zero attached hydrogens (tertiary/aromatic N) is 5. The molecule has 1 saturated carbocycles. The summed E-state index contributed by atoms with van der Waals surface area (Å²) in [5.74, 6) is 2.42. The molecule has 2 aromatic heterocycles. The van der Waals surface area contributed by atoms with Crippen LogP contribution in [0.2, 0.25) is 0 Å². The minimum Gasteiger partial charge on any atom is -0.310 e. The van der Waals surface area contributed by atoms with Gasteiger partial charge in [0.25, 0.3) is 0 Å². The molecule has 1 aliphatic rings. The number of aryl methyl sites for hydroxylation is 2. The summed E-state index contributed by atoms with van der Waals surface area (Å²) in [5, 5.41) is 16.3. The molecule has 2 heterocycles. The lowest BCUT2D eigenvalue weighted by atomic mass is 10.4. The van der Waals surface area contributed by atoms with Crippen molar-refractivity contribution in [2.45, 2.75) is 37.4 Å². The van der Waals surface area contributed by atoms with Crippen LogP contribution >= 0.6 is 11.8 Å². The molecule has 2 aromatic rings. The van der Waals surface area contributed by atoms with E-state index in [1.165, 1.54) is 24.6 Å². The minimum absolute atomic E-state index is 0.0841. The third-order valence-corrected chi connectivity index (χ3v) is 4.57. The third-order valence-electron chi connectivity index (χ3n) is 3.60. The molecule has 7 nitrogen and oxygen atoms in total. The maximum absolute atomic E-state index is 12.1. The zero-order chi connectivity index (χ0) is 16.4. The average Bonchev–Trinajstić information content (AvgIpc) is 3.20. The summed E-state index contributed by atoms with van der Waals surface area (Å²) in [6.45, 7) is 6.35. The molecule has 1 amide bonds. The van der Waals surface area contributed by atoms with Crippen LogP contribution < -0.4 is 5.32 Å². The van der Waals surface area contributed by atoms with E-state index in [0.29, 0.717) is 18.3 Å². The van der Waals surface area contributed by atoms with E-state index < -0.39 is 0 Å². The molecule has 0 aliphatic heterocycles. The van der Waals surface area contributed by atoms with Crippen LogP contribution in [0.25, 0.3) is 0 Å². The predicted octanol–water partition coefficient (Wildman–Crippen LogP) is 2.11. The van der Waals surface area contributed by atoms with Gasteiger partial charge in [0.05, 0.1) is 11.4 Å². The molecule has 0 aromatic carbocycles. The number of rotatable bonds is 7. The first kappa shape index (κ1) is 15.8. The second-order valence-corrected chi connectivity index (χ2v) is 6.59. The van der Waals surface area contributed by atoms with Crippen molar-refractivity contribution < 1.29 is 4.79 Å². The number of carbonyl (C=O) groups excluding carboxylic acids is 1. The Morgan fingerprint density at radius 1 is 1.52 bits per heavy atom. The highest BCUT2D eigenvalue weighted by molar-refractivity contribution is 7.99. The van der Waals surface area contributed by atoms with Crippen LogP contribution in [0.1, 0.15) is 30.3 Å². The maximum atomic E-state index is 12.1. The normalized spacial score (nSPS) is 14.0. The molecule has 0 radical (unpaired) electrons. The molecule has 0 atom stereocenters. The Morgan fingerprint density at radius 3 is 2.91 bits per heavy atom. The monoisotopic (exact) mass is 332 g/mol. The molecule has 0 saturated heterocycles. The Hall–Kier alpha value is -2.09. The number of carbonyl (C=O) groups is 1. The number of nitrogens with one attached hydrogen (secondary N) is 1. The van der Waals surface area contributed by atoms with Crippen molar-refractivity contribution >= 4 is 23.5 Å². The summed E-state index contributed by atoms with van der Waals surface area (Å²) in [6, 6.07) is 1.84. The lowest BCUT2D eigenvalue weighted by Crippen LogP contribution is -2.17. The summed E-state index contributed by atoms with van der Waals surface area (Å²) in [7, 11) is 1.80. The Kier molecular flexibility index (Phi) is 4.51. The molecule has 0 unspecified atom stereocenters. The van der Waals surface area contributed by atoms with Crippen molar-refractivity contribution in [2.75, 3.05) is 11.1 Å². The molecule has 1 fully saturated rings. The topological polar surface area (TPSA) is 77.6 Å². The van der Waals surface area contributed by atoms with E-state index >= 15 is 0 Å². The van der Waals surface area contributed by atoms with Crippen molar-refractivity contribution in [3.63, 3.8) is 0 Å². The van der Waals surface area contributed by atoms with E-state index in [-0.39, 0.29) is 11.7 Å². The zero-order valence-electron chi connectivity index (χ0n) is 13.3. The molecule has 0 spiro atoms. The second-order valence-electron chi connectivity index (χ2n) is 5.65. The second kappa shape index (κ2) is 6.57. The van der Waals surface area contributed by atoms with Gasteiger partial charge in [-0.25, -0.2) is 0 Å². The van der Waals surface area contributed by atoms with Crippen molar-refractivity contribution in [2.24, 2.45) is 7.05 Å². The van der Waals surface area contributed by atoms with Crippen molar-refractivity contribution in [3.05, 3.63) is 30.2 Å². The van der Waals surface area contributed by atoms with Gasteiger partial charge in [0.1, 0.15) is 11.6 Å². The van der Waals surface area contributed by atoms with Crippen LogP contribution in [0, 0.1) is 6.92 Å². The first-order valence-electron chi connectivity index (χ1n) is 7.55. The van der Waals surface area contributed by atoms with Gasteiger partial charge < -0.3 is 9.88 Å². The number of aromatic nitrogens is 5. The molecule has 8 heteroatoms. The van der Waals surface area contributed by atoms with Gasteiger partial charge in [-0.3, -0.25) is 9.48 Å². The quantitative estimate of drug-likeness (QED) is 0.621. The zero-order valence-corrected chi connectivity index (χ0v) is 14.1. The fraction of sp³-hybridized carbons (Fsp3) is 0.467. The summed E-state index contributed by atoms with van der Waals surface area (Å²) < 4.78 is 3.71. The number of amides is 1. The van der Waals surface area contributed by atoms with Crippen molar-refractivity contribution in [3.8, 4) is 0 Å². The molecule has 122 valence electrons. The van der Waals surface area contributed by atoms with Crippen LogP contribution in [0.15, 0.2) is 23.9 Å². The van der Waals surface area contributed by atoms with E-state index in [1.807, 2.05) is 19.1 Å². The fourth-order valence-corrected chi connectivity index (χ4v) is 3.14. The number of allylic oxidation sites excluding steroid dienone is 1. The summed E-state index contributed by atoms with van der Waals surface area (Å²) in [4.78, 5) is 12.1. The van der Waals surface area contributed by atoms with Crippen LogP contribution in [0.4, 0.5) is 5.82 Å². The van der Waals surface area contributed by atoms with E-state index in [2.05, 4.69) is 31.8 Å². The predicted molar refractivity (Wildman–Crippen MR) is 89.5 cm³/mol. The highest BCUT2D eigenvalue weighted by Crippen LogP contribution is 2.40. The number of anilines is 1. The van der Waals surface area contributed by atoms with Crippen LogP contribution in [-0.4, -0.2) is 36.2 Å². The largest absolute Gasteiger partial charge is 0.310 e. The van der Waals surface area contributed by atoms with Crippen molar-refractivity contribution in [1.82, 2.24) is 24.5 Å². The Morgan fingerprint density at radius 2 is 2.30 bits per heavy atom. The van der Waals surface area contributed by atoms with E-state index in [1.54, 1.807) is 11.7 Å². The summed E-state index contributed by atoms with van der Waals surface area (Å²) >= 11 is 1.39. The summed E-state index contributed by atoms with van der Waals surface area (Å²) in [5.41, 5.74) is 0.871. The third kappa shape index (κ3) is 3.64. The average molecular weight is 332 g/mol. The SMILES string of the molecule is C=CCn1c(SCC(=O)Nc2cc(C)nn2C)nnc1C1CC1. The molecular formula is C15H20N6OS. The van der Waals surface area contributed by atoms with Crippen LogP contribution in [0.5, 0.6) is 0 Å². The first-order chi connectivity index (χ1) is 11.1. The van der Waals surface area contributed by atoms with Gasteiger partial charge in [0.2, 0.25) is 5.91 Å². The van der Waals surface area contributed by atoms with E-state index in [9.17, 15) is 4.79 Å². The van der Waals surface area contributed by atoms with Gasteiger partial charge in [-0.1, -0.05) is 17.8 Å². The number of thioether (sulfide) groups is 1. The molecule has 23 heavy (non-hydrogen) atoms. The van der Waals surface area contributed by atoms with Gasteiger partial charge in [-0.15, -0.1) is 16.8 Å². The Labute approximate surface area is 139 Å². The molecule has 0 bridgehead atoms. The Bertz CT molecular complexity index is 730. The standard InChI is InChI=1S/C15H20N6OS/c1-4-7-21-14(11-5-6-11)17-18-15(21)23-9-13(22)16-12-8-10(2)19-20(12)3/h4,8,11H,1,5-7,9H2,2-3H3,(H,16,22). The molecule has 3 rings (SSSR count). The highest BCUT2D eigenvalue weighted by atomic mass is 32.2. The van der Waals surface area contributed by atoms with E-state index in [4.69, 9.17) is 0 Å². The highest BCUT2D eigenvalue weighted by Gasteiger charge is 2.30. The van der Waals surface area contributed by atoms with E-state index in [0.717, 1.165) is 16.7 Å². The van der Waals surface area contributed by atoms with Crippen LogP contribution in [-0.2, 0) is 18.4 Å². The Balaban J connectivity index is 1.62. The summed E-state index contributed by atoms with van der Waals surface area (Å²) in [6.07, 6.45) is 4.17. The number of hydrogen-bond acceptors (Lipinski definition) is 5. The van der Waals surface area contributed by atoms with Gasteiger partial charge in [-0.05, 0) is 19.8 Å². The fourth-order valence-electron chi connectivity index (χ4n) is 2.39. The number of hydrogen-bond donors (Lipinski definition) is 1. The van der Waals surface area contributed by atoms with Gasteiger partial charge >= 0.3 is 0 Å². The van der Waals surface area contributed by atoms with Crippen LogP contribution in [0.3, 0.4) is 0 Å². The van der Waals surface area contributed by atoms with Gasteiger partial charge in [0.15, 0.2) is 5.16 Å². The lowest BCUT2D eigenvalue weighted by Gasteiger charge is -2.07. The van der Waals surface area contributed by atoms with Crippen molar-refractivity contribution in [1.29, 1.82) is 0 Å². The van der Waals surface area contributed by atoms with Gasteiger partial charge in [-0.2, -0.15) is 5.10 Å². The smallest absolute Gasteiger partial charge is 0.235 e. The lowest BCUT2D eigenvalue weighted by molar-refractivity contribution is -0.113. The molecule has 1 N–H and O–H groups in total. The minimum atomic E-state index is -0.0841. The maximum Gasteiger partial charge on any atom is 0.235 e. The molecule has 1 aliphatic carbocycles.